The summed E-state index contributed by atoms with van der Waals surface area (Å²) in [4.78, 5) is 2.50. The fraction of sp³-hybridized carbons (Fsp3) is 0.172. The van der Waals surface area contributed by atoms with E-state index in [1.165, 1.54) is 78.0 Å². The Labute approximate surface area is 352 Å². The van der Waals surface area contributed by atoms with Crippen LogP contribution in [0.1, 0.15) is 88.8 Å². The zero-order valence-corrected chi connectivity index (χ0v) is 34.7. The molecule has 1 heteroatoms. The van der Waals surface area contributed by atoms with E-state index in [0.29, 0.717) is 5.56 Å². The van der Waals surface area contributed by atoms with Gasteiger partial charge in [0.2, 0.25) is 0 Å². The van der Waals surface area contributed by atoms with Gasteiger partial charge in [-0.05, 0) is 131 Å². The molecule has 1 atom stereocenters. The Bertz CT molecular complexity index is 3060. The molecule has 3 aliphatic carbocycles. The molecule has 0 heterocycles. The molecule has 0 aromatic heterocycles. The molecule has 1 nitrogen and oxygen atoms in total. The zero-order valence-electron chi connectivity index (χ0n) is 36.7. The molecule has 0 fully saturated rings. The summed E-state index contributed by atoms with van der Waals surface area (Å²) in [6.45, 7) is 13.3. The Morgan fingerprint density at radius 3 is 1.58 bits per heavy atom. The van der Waals surface area contributed by atoms with E-state index in [9.17, 15) is 0 Å². The number of hydrogen-bond acceptors (Lipinski definition) is 1. The molecule has 8 aromatic rings. The van der Waals surface area contributed by atoms with E-state index in [-0.39, 0.29) is 10.8 Å². The maximum atomic E-state index is 8.21. The third-order valence-corrected chi connectivity index (χ3v) is 13.6. The van der Waals surface area contributed by atoms with Gasteiger partial charge in [-0.1, -0.05) is 187 Å². The van der Waals surface area contributed by atoms with Gasteiger partial charge in [-0.25, -0.2) is 0 Å². The van der Waals surface area contributed by atoms with Crippen LogP contribution in [0.2, 0.25) is 0 Å². The van der Waals surface area contributed by atoms with Gasteiger partial charge >= 0.3 is 0 Å². The van der Waals surface area contributed by atoms with Gasteiger partial charge in [0, 0.05) is 19.5 Å². The molecule has 0 amide bonds. The first-order valence-corrected chi connectivity index (χ1v) is 21.0. The van der Waals surface area contributed by atoms with E-state index in [0.717, 1.165) is 22.5 Å². The molecule has 0 saturated carbocycles. The average Bonchev–Trinajstić information content (AvgIpc) is 3.82. The number of nitrogens with zero attached hydrogens (tertiary/aromatic N) is 1. The van der Waals surface area contributed by atoms with Crippen LogP contribution in [0, 0.1) is 0 Å². The minimum Gasteiger partial charge on any atom is -0.310 e. The quantitative estimate of drug-likeness (QED) is 0.169. The lowest BCUT2D eigenvalue weighted by molar-refractivity contribution is 0.588. The molecule has 1 unspecified atom stereocenters. The van der Waals surface area contributed by atoms with Crippen LogP contribution < -0.4 is 4.90 Å². The van der Waals surface area contributed by atoms with E-state index in [1.54, 1.807) is 6.92 Å². The fourth-order valence-electron chi connectivity index (χ4n) is 10.8. The number of benzene rings is 8. The maximum Gasteiger partial charge on any atom is 0.0726 e. The van der Waals surface area contributed by atoms with Crippen LogP contribution in [0.5, 0.6) is 0 Å². The van der Waals surface area contributed by atoms with Gasteiger partial charge < -0.3 is 4.90 Å². The predicted octanol–water partition coefficient (Wildman–Crippen LogP) is 15.3. The maximum absolute atomic E-state index is 8.21. The molecular formula is C58H49N. The molecule has 11 rings (SSSR count). The highest BCUT2D eigenvalue weighted by molar-refractivity contribution is 5.97. The Balaban J connectivity index is 1.16. The smallest absolute Gasteiger partial charge is 0.0726 e. The minimum absolute atomic E-state index is 0.0132. The molecule has 1 spiro atoms. The standard InChI is InChI=1S/C58H49N/c1-7-37-23-25-38(26-24-37)39-27-30-41(31-28-39)59(54-22-14-18-48-45-17-8-11-19-49(45)57(5,6)55(48)54)42-32-34-47-44-16-10-13-21-51(44)58(53(47)36-42)50-20-12-9-15-43(50)46-33-29-40(35-52(46)58)56(2,3)4/h8-36H,7H2,1-6H3/i7D2. The van der Waals surface area contributed by atoms with Crippen molar-refractivity contribution in [3.8, 4) is 44.5 Å². The second-order valence-electron chi connectivity index (χ2n) is 18.2. The third kappa shape index (κ3) is 5.04. The van der Waals surface area contributed by atoms with Gasteiger partial charge in [0.05, 0.1) is 11.1 Å². The molecule has 0 N–H and O–H groups in total. The molecule has 0 aliphatic heterocycles. The number of hydrogen-bond donors (Lipinski definition) is 0. The predicted molar refractivity (Wildman–Crippen MR) is 249 cm³/mol. The first-order chi connectivity index (χ1) is 29.3. The van der Waals surface area contributed by atoms with Crippen LogP contribution in [-0.2, 0) is 22.6 Å². The van der Waals surface area contributed by atoms with Gasteiger partial charge in [-0.2, -0.15) is 0 Å². The van der Waals surface area contributed by atoms with Crippen molar-refractivity contribution < 1.29 is 2.74 Å². The van der Waals surface area contributed by atoms with Crippen molar-refractivity contribution in [1.82, 2.24) is 0 Å². The Morgan fingerprint density at radius 1 is 0.475 bits per heavy atom. The highest BCUT2D eigenvalue weighted by atomic mass is 15.1. The molecule has 8 aromatic carbocycles. The molecule has 59 heavy (non-hydrogen) atoms. The number of rotatable bonds is 5. The van der Waals surface area contributed by atoms with Crippen molar-refractivity contribution in [2.75, 3.05) is 4.90 Å². The molecule has 3 aliphatic rings. The molecular weight excluding hydrogens is 711 g/mol. The number of fused-ring (bicyclic) bond motifs is 13. The fourth-order valence-corrected chi connectivity index (χ4v) is 10.8. The number of anilines is 3. The summed E-state index contributed by atoms with van der Waals surface area (Å²) >= 11 is 0. The highest BCUT2D eigenvalue weighted by Gasteiger charge is 2.52. The summed E-state index contributed by atoms with van der Waals surface area (Å²) in [5.41, 5.74) is 22.6. The summed E-state index contributed by atoms with van der Waals surface area (Å²) in [6, 6.07) is 65.2. The second kappa shape index (κ2) is 12.8. The van der Waals surface area contributed by atoms with Gasteiger partial charge in [0.25, 0.3) is 0 Å². The van der Waals surface area contributed by atoms with E-state index >= 15 is 0 Å². The van der Waals surface area contributed by atoms with Crippen molar-refractivity contribution in [1.29, 1.82) is 0 Å². The third-order valence-electron chi connectivity index (χ3n) is 13.6. The van der Waals surface area contributed by atoms with Crippen molar-refractivity contribution in [2.45, 2.75) is 64.2 Å². The highest BCUT2D eigenvalue weighted by Crippen LogP contribution is 2.64. The van der Waals surface area contributed by atoms with Crippen LogP contribution in [0.15, 0.2) is 176 Å². The van der Waals surface area contributed by atoms with E-state index in [2.05, 4.69) is 191 Å². The first-order valence-electron chi connectivity index (χ1n) is 22.0. The molecule has 286 valence electrons. The van der Waals surface area contributed by atoms with E-state index < -0.39 is 11.8 Å². The largest absolute Gasteiger partial charge is 0.310 e. The summed E-state index contributed by atoms with van der Waals surface area (Å²) in [6.07, 6.45) is -1.39. The SMILES string of the molecule is [2H]C([2H])(C)c1ccc(-c2ccc(N(c3ccc4c(c3)C3(c5ccccc5-4)c4ccccc4-c4ccc(C(C)(C)C)cc43)c3cccc4c3C(C)(C)c3ccccc3-4)cc2)cc1. The van der Waals surface area contributed by atoms with Gasteiger partial charge in [0.1, 0.15) is 0 Å². The molecule has 0 radical (unpaired) electrons. The second-order valence-corrected chi connectivity index (χ2v) is 18.2. The van der Waals surface area contributed by atoms with E-state index in [1.807, 2.05) is 24.3 Å². The lowest BCUT2D eigenvalue weighted by Crippen LogP contribution is -2.27. The Morgan fingerprint density at radius 2 is 0.966 bits per heavy atom. The Kier molecular flexibility index (Phi) is 7.26. The minimum atomic E-state index is -1.39. The van der Waals surface area contributed by atoms with Crippen LogP contribution >= 0.6 is 0 Å². The summed E-state index contributed by atoms with van der Waals surface area (Å²) in [5, 5.41) is 0. The summed E-state index contributed by atoms with van der Waals surface area (Å²) in [7, 11) is 0. The topological polar surface area (TPSA) is 3.24 Å². The van der Waals surface area contributed by atoms with E-state index in [4.69, 9.17) is 2.74 Å². The lowest BCUT2D eigenvalue weighted by Gasteiger charge is -2.34. The van der Waals surface area contributed by atoms with Crippen molar-refractivity contribution in [3.63, 3.8) is 0 Å². The summed E-state index contributed by atoms with van der Waals surface area (Å²) in [5.74, 6) is 0. The number of aryl methyl sites for hydroxylation is 1. The van der Waals surface area contributed by atoms with Crippen LogP contribution in [0.4, 0.5) is 17.1 Å². The van der Waals surface area contributed by atoms with Crippen LogP contribution in [0.3, 0.4) is 0 Å². The van der Waals surface area contributed by atoms with Crippen LogP contribution in [0.25, 0.3) is 44.5 Å². The van der Waals surface area contributed by atoms with Gasteiger partial charge in [0.15, 0.2) is 0 Å². The normalized spacial score (nSPS) is 17.0. The average molecular weight is 762 g/mol. The van der Waals surface area contributed by atoms with Crippen LogP contribution in [-0.4, -0.2) is 0 Å². The van der Waals surface area contributed by atoms with Crippen molar-refractivity contribution in [3.05, 3.63) is 220 Å². The molecule has 0 bridgehead atoms. The summed E-state index contributed by atoms with van der Waals surface area (Å²) < 4.78 is 16.4. The zero-order chi connectivity index (χ0) is 42.1. The first kappa shape index (κ1) is 33.5. The van der Waals surface area contributed by atoms with Crippen molar-refractivity contribution in [2.24, 2.45) is 0 Å². The van der Waals surface area contributed by atoms with Crippen molar-refractivity contribution >= 4 is 17.1 Å². The lowest BCUT2D eigenvalue weighted by atomic mass is 9.69. The van der Waals surface area contributed by atoms with Gasteiger partial charge in [-0.15, -0.1) is 0 Å². The molecule has 0 saturated heterocycles. The van der Waals surface area contributed by atoms with Gasteiger partial charge in [-0.3, -0.25) is 0 Å². The Hall–Kier alpha value is -6.44. The monoisotopic (exact) mass is 761 g/mol.